The summed E-state index contributed by atoms with van der Waals surface area (Å²) in [6.45, 7) is 0. The molecule has 0 atom stereocenters. The Morgan fingerprint density at radius 3 is 2.68 bits per heavy atom. The number of hydrogen-bond acceptors (Lipinski definition) is 5. The summed E-state index contributed by atoms with van der Waals surface area (Å²) in [5.41, 5.74) is 7.74. The first-order chi connectivity index (χ1) is 9.20. The molecule has 0 radical (unpaired) electrons. The Morgan fingerprint density at radius 1 is 1.21 bits per heavy atom. The van der Waals surface area contributed by atoms with E-state index < -0.39 is 0 Å². The van der Waals surface area contributed by atoms with Crippen molar-refractivity contribution < 1.29 is 0 Å². The third-order valence-electron chi connectivity index (χ3n) is 2.60. The van der Waals surface area contributed by atoms with E-state index in [1.165, 1.54) is 16.9 Å². The molecule has 2 aromatic heterocycles. The number of anilines is 1. The van der Waals surface area contributed by atoms with Gasteiger partial charge in [0, 0.05) is 23.0 Å². The van der Waals surface area contributed by atoms with Crippen molar-refractivity contribution in [1.82, 2.24) is 9.97 Å². The minimum Gasteiger partial charge on any atom is -0.375 e. The molecule has 0 spiro atoms. The molecule has 2 heterocycles. The molecule has 2 N–H and O–H groups in total. The summed E-state index contributed by atoms with van der Waals surface area (Å²) in [6.07, 6.45) is 2.66. The van der Waals surface area contributed by atoms with Gasteiger partial charge in [-0.2, -0.15) is 0 Å². The molecule has 19 heavy (non-hydrogen) atoms. The van der Waals surface area contributed by atoms with Gasteiger partial charge in [-0.1, -0.05) is 23.7 Å². The Labute approximate surface area is 123 Å². The lowest BCUT2D eigenvalue weighted by Crippen LogP contribution is -1.85. The summed E-state index contributed by atoms with van der Waals surface area (Å²) in [5.74, 6) is 0. The molecule has 3 nitrogen and oxygen atoms in total. The molecule has 0 aliphatic rings. The second-order valence-electron chi connectivity index (χ2n) is 3.99. The fourth-order valence-corrected chi connectivity index (χ4v) is 3.36. The maximum absolute atomic E-state index is 5.87. The van der Waals surface area contributed by atoms with Gasteiger partial charge in [-0.3, -0.25) is 0 Å². The van der Waals surface area contributed by atoms with Crippen LogP contribution in [0, 0.1) is 0 Å². The lowest BCUT2D eigenvalue weighted by Gasteiger charge is -1.97. The number of halogens is 1. The smallest absolute Gasteiger partial charge is 0.180 e. The largest absolute Gasteiger partial charge is 0.375 e. The number of hydrogen-bond donors (Lipinski definition) is 1. The molecule has 96 valence electrons. The van der Waals surface area contributed by atoms with Crippen molar-refractivity contribution >= 4 is 39.4 Å². The second-order valence-corrected chi connectivity index (χ2v) is 6.43. The number of benzene rings is 1. The molecule has 0 unspecified atom stereocenters. The Kier molecular flexibility index (Phi) is 3.50. The number of aromatic nitrogens is 2. The van der Waals surface area contributed by atoms with Gasteiger partial charge >= 0.3 is 0 Å². The standard InChI is InChI=1S/C13H10ClN3S2/c14-9-3-1-8(2-4-9)5-12-16-6-11(19-12)10-7-18-13(15)17-10/h1-4,6-7H,5H2,(H2,15,17). The van der Waals surface area contributed by atoms with Crippen LogP contribution in [0.3, 0.4) is 0 Å². The monoisotopic (exact) mass is 307 g/mol. The Balaban J connectivity index is 1.80. The molecule has 3 aromatic rings. The molecular weight excluding hydrogens is 298 g/mol. The molecule has 0 amide bonds. The zero-order chi connectivity index (χ0) is 13.2. The Morgan fingerprint density at radius 2 is 2.00 bits per heavy atom. The predicted molar refractivity (Wildman–Crippen MR) is 81.9 cm³/mol. The van der Waals surface area contributed by atoms with E-state index in [1.807, 2.05) is 35.8 Å². The lowest BCUT2D eigenvalue weighted by atomic mass is 10.2. The van der Waals surface area contributed by atoms with Crippen LogP contribution in [0.1, 0.15) is 10.6 Å². The topological polar surface area (TPSA) is 51.8 Å². The summed E-state index contributed by atoms with van der Waals surface area (Å²) in [6, 6.07) is 7.83. The first-order valence-electron chi connectivity index (χ1n) is 5.61. The molecule has 6 heteroatoms. The molecular formula is C13H10ClN3S2. The predicted octanol–water partition coefficient (Wildman–Crippen LogP) is 4.09. The van der Waals surface area contributed by atoms with E-state index in [9.17, 15) is 0 Å². The van der Waals surface area contributed by atoms with E-state index in [2.05, 4.69) is 9.97 Å². The van der Waals surface area contributed by atoms with Gasteiger partial charge in [-0.15, -0.1) is 22.7 Å². The molecule has 3 rings (SSSR count). The zero-order valence-electron chi connectivity index (χ0n) is 9.84. The molecule has 0 saturated carbocycles. The SMILES string of the molecule is Nc1nc(-c2cnc(Cc3ccc(Cl)cc3)s2)cs1. The molecule has 0 fully saturated rings. The van der Waals surface area contributed by atoms with Crippen LogP contribution in [-0.2, 0) is 6.42 Å². The molecule has 1 aromatic carbocycles. The van der Waals surface area contributed by atoms with Crippen molar-refractivity contribution in [3.05, 3.63) is 51.4 Å². The Bertz CT molecular complexity index is 688. The lowest BCUT2D eigenvalue weighted by molar-refractivity contribution is 1.14. The van der Waals surface area contributed by atoms with E-state index >= 15 is 0 Å². The summed E-state index contributed by atoms with van der Waals surface area (Å²) in [4.78, 5) is 9.74. The first kappa shape index (κ1) is 12.6. The van der Waals surface area contributed by atoms with Crippen LogP contribution in [0.5, 0.6) is 0 Å². The van der Waals surface area contributed by atoms with Crippen LogP contribution in [0.25, 0.3) is 10.6 Å². The quantitative estimate of drug-likeness (QED) is 0.793. The minimum absolute atomic E-state index is 0.586. The third kappa shape index (κ3) is 2.94. The van der Waals surface area contributed by atoms with Gasteiger partial charge in [-0.05, 0) is 17.7 Å². The first-order valence-corrected chi connectivity index (χ1v) is 7.68. The Hall–Kier alpha value is -1.43. The zero-order valence-corrected chi connectivity index (χ0v) is 12.2. The van der Waals surface area contributed by atoms with Crippen molar-refractivity contribution in [2.75, 3.05) is 5.73 Å². The minimum atomic E-state index is 0.586. The van der Waals surface area contributed by atoms with Crippen LogP contribution < -0.4 is 5.73 Å². The van der Waals surface area contributed by atoms with Crippen LogP contribution in [0.15, 0.2) is 35.8 Å². The fraction of sp³-hybridized carbons (Fsp3) is 0.0769. The maximum Gasteiger partial charge on any atom is 0.180 e. The fourth-order valence-electron chi connectivity index (χ4n) is 1.69. The van der Waals surface area contributed by atoms with E-state index in [0.717, 1.165) is 27.0 Å². The molecule has 0 saturated heterocycles. The third-order valence-corrected chi connectivity index (χ3v) is 4.54. The molecule has 0 aliphatic heterocycles. The summed E-state index contributed by atoms with van der Waals surface area (Å²) < 4.78 is 0. The van der Waals surface area contributed by atoms with Gasteiger partial charge in [0.05, 0.1) is 15.6 Å². The molecule has 0 bridgehead atoms. The van der Waals surface area contributed by atoms with Crippen molar-refractivity contribution in [3.8, 4) is 10.6 Å². The van der Waals surface area contributed by atoms with Crippen LogP contribution >= 0.6 is 34.3 Å². The maximum atomic E-state index is 5.87. The number of nitrogens with two attached hydrogens (primary N) is 1. The number of nitrogen functional groups attached to an aromatic ring is 1. The van der Waals surface area contributed by atoms with Gasteiger partial charge in [0.25, 0.3) is 0 Å². The second kappa shape index (κ2) is 5.28. The summed E-state index contributed by atoms with van der Waals surface area (Å²) in [7, 11) is 0. The highest BCUT2D eigenvalue weighted by Gasteiger charge is 2.08. The summed E-state index contributed by atoms with van der Waals surface area (Å²) in [5, 5.41) is 4.35. The average molecular weight is 308 g/mol. The molecule has 0 aliphatic carbocycles. The number of nitrogens with zero attached hydrogens (tertiary/aromatic N) is 2. The van der Waals surface area contributed by atoms with Crippen molar-refractivity contribution in [2.24, 2.45) is 0 Å². The van der Waals surface area contributed by atoms with Crippen molar-refractivity contribution in [2.45, 2.75) is 6.42 Å². The van der Waals surface area contributed by atoms with Crippen LogP contribution in [0.4, 0.5) is 5.13 Å². The number of thiazole rings is 2. The summed E-state index contributed by atoms with van der Waals surface area (Å²) >= 11 is 8.96. The number of rotatable bonds is 3. The highest BCUT2D eigenvalue weighted by Crippen LogP contribution is 2.29. The van der Waals surface area contributed by atoms with Crippen LogP contribution in [0.2, 0.25) is 5.02 Å². The van der Waals surface area contributed by atoms with Crippen LogP contribution in [-0.4, -0.2) is 9.97 Å². The van der Waals surface area contributed by atoms with Crippen molar-refractivity contribution in [3.63, 3.8) is 0 Å². The van der Waals surface area contributed by atoms with E-state index in [4.69, 9.17) is 17.3 Å². The van der Waals surface area contributed by atoms with Gasteiger partial charge in [0.1, 0.15) is 0 Å². The normalized spacial score (nSPS) is 10.8. The highest BCUT2D eigenvalue weighted by molar-refractivity contribution is 7.16. The highest BCUT2D eigenvalue weighted by atomic mass is 35.5. The van der Waals surface area contributed by atoms with E-state index in [-0.39, 0.29) is 0 Å². The van der Waals surface area contributed by atoms with E-state index in [1.54, 1.807) is 11.3 Å². The van der Waals surface area contributed by atoms with Gasteiger partial charge < -0.3 is 5.73 Å². The van der Waals surface area contributed by atoms with Gasteiger partial charge in [0.2, 0.25) is 0 Å². The van der Waals surface area contributed by atoms with E-state index in [0.29, 0.717) is 5.13 Å². The van der Waals surface area contributed by atoms with Gasteiger partial charge in [0.15, 0.2) is 5.13 Å². The van der Waals surface area contributed by atoms with Crippen molar-refractivity contribution in [1.29, 1.82) is 0 Å². The average Bonchev–Trinajstić information content (AvgIpc) is 3.01. The van der Waals surface area contributed by atoms with Gasteiger partial charge in [-0.25, -0.2) is 9.97 Å².